The molecule has 0 saturated heterocycles. The van der Waals surface area contributed by atoms with E-state index in [0.29, 0.717) is 18.8 Å². The first-order valence-electron chi connectivity index (χ1n) is 4.59. The third kappa shape index (κ3) is 4.55. The zero-order valence-corrected chi connectivity index (χ0v) is 10.1. The van der Waals surface area contributed by atoms with Gasteiger partial charge in [-0.2, -0.15) is 0 Å². The molecule has 0 bridgehead atoms. The minimum Gasteiger partial charge on any atom is -0.382 e. The van der Waals surface area contributed by atoms with Crippen molar-refractivity contribution in [3.8, 4) is 0 Å². The number of carbonyl (C=O) groups is 1. The Bertz CT molecular complexity index is 308. The standard InChI is InChI=1S/C11H13BrO3/c1-14-6-7-15-8-11(13)9-2-4-10(12)5-3-9/h2-5H,6-8H2,1H3. The lowest BCUT2D eigenvalue weighted by atomic mass is 10.1. The Morgan fingerprint density at radius 3 is 2.53 bits per heavy atom. The van der Waals surface area contributed by atoms with E-state index < -0.39 is 0 Å². The molecule has 0 aliphatic heterocycles. The van der Waals surface area contributed by atoms with Crippen LogP contribution in [0.15, 0.2) is 28.7 Å². The second-order valence-electron chi connectivity index (χ2n) is 2.98. The van der Waals surface area contributed by atoms with Gasteiger partial charge in [-0.3, -0.25) is 4.79 Å². The van der Waals surface area contributed by atoms with Crippen LogP contribution in [0.3, 0.4) is 0 Å². The highest BCUT2D eigenvalue weighted by Crippen LogP contribution is 2.10. The lowest BCUT2D eigenvalue weighted by molar-refractivity contribution is 0.0577. The molecule has 1 aromatic carbocycles. The Labute approximate surface area is 97.5 Å². The van der Waals surface area contributed by atoms with Crippen LogP contribution in [0.2, 0.25) is 0 Å². The van der Waals surface area contributed by atoms with E-state index in [1.165, 1.54) is 0 Å². The Kier molecular flexibility index (Phi) is 5.53. The topological polar surface area (TPSA) is 35.5 Å². The van der Waals surface area contributed by atoms with Crippen LogP contribution in [0.1, 0.15) is 10.4 Å². The van der Waals surface area contributed by atoms with Gasteiger partial charge in [0, 0.05) is 17.1 Å². The van der Waals surface area contributed by atoms with Gasteiger partial charge in [0.05, 0.1) is 13.2 Å². The average molecular weight is 273 g/mol. The molecule has 1 aromatic rings. The fourth-order valence-corrected chi connectivity index (χ4v) is 1.29. The van der Waals surface area contributed by atoms with Gasteiger partial charge in [0.25, 0.3) is 0 Å². The second-order valence-corrected chi connectivity index (χ2v) is 3.89. The number of carbonyl (C=O) groups excluding carboxylic acids is 1. The Hall–Kier alpha value is -0.710. The van der Waals surface area contributed by atoms with Crippen LogP contribution in [0.25, 0.3) is 0 Å². The van der Waals surface area contributed by atoms with Crippen LogP contribution in [-0.2, 0) is 9.47 Å². The van der Waals surface area contributed by atoms with Crippen molar-refractivity contribution in [2.75, 3.05) is 26.9 Å². The highest BCUT2D eigenvalue weighted by atomic mass is 79.9. The molecule has 0 aromatic heterocycles. The Morgan fingerprint density at radius 1 is 1.27 bits per heavy atom. The minimum absolute atomic E-state index is 0.0152. The molecule has 0 N–H and O–H groups in total. The molecule has 1 rings (SSSR count). The number of ether oxygens (including phenoxy) is 2. The van der Waals surface area contributed by atoms with Gasteiger partial charge in [0.1, 0.15) is 6.61 Å². The number of benzene rings is 1. The molecular formula is C11H13BrO3. The molecule has 4 heteroatoms. The molecule has 3 nitrogen and oxygen atoms in total. The van der Waals surface area contributed by atoms with Crippen molar-refractivity contribution in [1.82, 2.24) is 0 Å². The summed E-state index contributed by atoms with van der Waals surface area (Å²) in [5.41, 5.74) is 0.663. The maximum atomic E-state index is 11.5. The first kappa shape index (κ1) is 12.4. The van der Waals surface area contributed by atoms with Crippen LogP contribution in [0, 0.1) is 0 Å². The zero-order valence-electron chi connectivity index (χ0n) is 8.53. The number of methoxy groups -OCH3 is 1. The van der Waals surface area contributed by atoms with Crippen LogP contribution in [0.5, 0.6) is 0 Å². The molecule has 0 radical (unpaired) electrons. The Balaban J connectivity index is 2.37. The van der Waals surface area contributed by atoms with Gasteiger partial charge in [0.2, 0.25) is 0 Å². The SMILES string of the molecule is COCCOCC(=O)c1ccc(Br)cc1. The molecular weight excluding hydrogens is 260 g/mol. The predicted molar refractivity (Wildman–Crippen MR) is 61.2 cm³/mol. The lowest BCUT2D eigenvalue weighted by Crippen LogP contribution is -2.11. The molecule has 0 unspecified atom stereocenters. The molecule has 82 valence electrons. The summed E-state index contributed by atoms with van der Waals surface area (Å²) in [4.78, 5) is 11.5. The maximum absolute atomic E-state index is 11.5. The molecule has 15 heavy (non-hydrogen) atoms. The van der Waals surface area contributed by atoms with Crippen molar-refractivity contribution < 1.29 is 14.3 Å². The number of ketones is 1. The van der Waals surface area contributed by atoms with Crippen molar-refractivity contribution in [3.63, 3.8) is 0 Å². The van der Waals surface area contributed by atoms with Crippen molar-refractivity contribution in [2.45, 2.75) is 0 Å². The summed E-state index contributed by atoms with van der Waals surface area (Å²) >= 11 is 3.31. The van der Waals surface area contributed by atoms with Gasteiger partial charge in [-0.05, 0) is 12.1 Å². The number of hydrogen-bond acceptors (Lipinski definition) is 3. The lowest BCUT2D eigenvalue weighted by Gasteiger charge is -2.03. The van der Waals surface area contributed by atoms with Crippen LogP contribution >= 0.6 is 15.9 Å². The fourth-order valence-electron chi connectivity index (χ4n) is 1.03. The third-order valence-electron chi connectivity index (χ3n) is 1.83. The minimum atomic E-state index is -0.0152. The number of hydrogen-bond donors (Lipinski definition) is 0. The molecule has 0 saturated carbocycles. The molecule has 0 aliphatic rings. The molecule has 0 atom stereocenters. The van der Waals surface area contributed by atoms with E-state index in [0.717, 1.165) is 4.47 Å². The van der Waals surface area contributed by atoms with E-state index in [1.807, 2.05) is 12.1 Å². The number of halogens is 1. The van der Waals surface area contributed by atoms with E-state index in [9.17, 15) is 4.79 Å². The summed E-state index contributed by atoms with van der Waals surface area (Å²) in [5.74, 6) is -0.0152. The summed E-state index contributed by atoms with van der Waals surface area (Å²) < 4.78 is 10.9. The normalized spacial score (nSPS) is 10.3. The second kappa shape index (κ2) is 6.71. The van der Waals surface area contributed by atoms with Crippen molar-refractivity contribution >= 4 is 21.7 Å². The van der Waals surface area contributed by atoms with Gasteiger partial charge in [-0.1, -0.05) is 28.1 Å². The molecule has 0 fully saturated rings. The number of rotatable bonds is 6. The van der Waals surface area contributed by atoms with Crippen molar-refractivity contribution in [1.29, 1.82) is 0 Å². The maximum Gasteiger partial charge on any atom is 0.188 e. The summed E-state index contributed by atoms with van der Waals surface area (Å²) in [6.45, 7) is 1.05. The smallest absolute Gasteiger partial charge is 0.188 e. The highest BCUT2D eigenvalue weighted by molar-refractivity contribution is 9.10. The summed E-state index contributed by atoms with van der Waals surface area (Å²) in [7, 11) is 1.60. The van der Waals surface area contributed by atoms with Crippen LogP contribution < -0.4 is 0 Å². The van der Waals surface area contributed by atoms with Crippen molar-refractivity contribution in [3.05, 3.63) is 34.3 Å². The van der Waals surface area contributed by atoms with E-state index in [1.54, 1.807) is 19.2 Å². The van der Waals surface area contributed by atoms with Gasteiger partial charge < -0.3 is 9.47 Å². The Morgan fingerprint density at radius 2 is 1.93 bits per heavy atom. The van der Waals surface area contributed by atoms with Gasteiger partial charge in [-0.15, -0.1) is 0 Å². The summed E-state index contributed by atoms with van der Waals surface area (Å²) in [5, 5.41) is 0. The van der Waals surface area contributed by atoms with Crippen molar-refractivity contribution in [2.24, 2.45) is 0 Å². The summed E-state index contributed by atoms with van der Waals surface area (Å²) in [6.07, 6.45) is 0. The van der Waals surface area contributed by atoms with E-state index in [4.69, 9.17) is 9.47 Å². The van der Waals surface area contributed by atoms with E-state index in [2.05, 4.69) is 15.9 Å². The van der Waals surface area contributed by atoms with Gasteiger partial charge in [-0.25, -0.2) is 0 Å². The molecule has 0 aliphatic carbocycles. The largest absolute Gasteiger partial charge is 0.382 e. The number of Topliss-reactive ketones (excluding diaryl/α,β-unsaturated/α-hetero) is 1. The van der Waals surface area contributed by atoms with Gasteiger partial charge >= 0.3 is 0 Å². The molecule has 0 amide bonds. The molecule has 0 heterocycles. The van der Waals surface area contributed by atoms with Crippen LogP contribution in [0.4, 0.5) is 0 Å². The quantitative estimate of drug-likeness (QED) is 0.589. The summed E-state index contributed by atoms with van der Waals surface area (Å²) in [6, 6.07) is 7.21. The van der Waals surface area contributed by atoms with Gasteiger partial charge in [0.15, 0.2) is 5.78 Å². The fraction of sp³-hybridized carbons (Fsp3) is 0.364. The zero-order chi connectivity index (χ0) is 11.1. The average Bonchev–Trinajstić information content (AvgIpc) is 2.25. The highest BCUT2D eigenvalue weighted by Gasteiger charge is 2.04. The van der Waals surface area contributed by atoms with E-state index in [-0.39, 0.29) is 12.4 Å². The first-order valence-corrected chi connectivity index (χ1v) is 5.39. The molecule has 0 spiro atoms. The van der Waals surface area contributed by atoms with E-state index >= 15 is 0 Å². The third-order valence-corrected chi connectivity index (χ3v) is 2.36. The first-order chi connectivity index (χ1) is 7.24. The monoisotopic (exact) mass is 272 g/mol. The predicted octanol–water partition coefficient (Wildman–Crippen LogP) is 2.29. The van der Waals surface area contributed by atoms with Crippen LogP contribution in [-0.4, -0.2) is 32.7 Å².